The molecular weight excluding hydrogens is 332 g/mol. The second-order valence-electron chi connectivity index (χ2n) is 3.72. The normalized spacial score (nSPS) is 10.2. The summed E-state index contributed by atoms with van der Waals surface area (Å²) in [6.45, 7) is 0.600. The molecule has 19 heavy (non-hydrogen) atoms. The Bertz CT molecular complexity index is 600. The topological polar surface area (TPSA) is 64.4 Å². The van der Waals surface area contributed by atoms with Crippen molar-refractivity contribution in [2.24, 2.45) is 0 Å². The Morgan fingerprint density at radius 3 is 2.84 bits per heavy atom. The van der Waals surface area contributed by atoms with Gasteiger partial charge in [0, 0.05) is 27.2 Å². The second kappa shape index (κ2) is 6.03. The third kappa shape index (κ3) is 3.45. The summed E-state index contributed by atoms with van der Waals surface area (Å²) in [5.74, 6) is 0.460. The number of halogens is 1. The molecule has 5 nitrogen and oxygen atoms in total. The molecule has 1 aromatic heterocycles. The summed E-state index contributed by atoms with van der Waals surface area (Å²) in [6.07, 6.45) is 0. The highest BCUT2D eigenvalue weighted by atomic mass is 79.9. The summed E-state index contributed by atoms with van der Waals surface area (Å²) in [7, 11) is 1.48. The lowest BCUT2D eigenvalue weighted by Crippen LogP contribution is -2.00. The van der Waals surface area contributed by atoms with Crippen LogP contribution in [0.2, 0.25) is 0 Å². The highest BCUT2D eigenvalue weighted by molar-refractivity contribution is 9.10. The second-order valence-corrected chi connectivity index (χ2v) is 5.58. The molecule has 1 N–H and O–H groups in total. The molecule has 0 aliphatic carbocycles. The Morgan fingerprint density at radius 1 is 1.47 bits per heavy atom. The average Bonchev–Trinajstić information content (AvgIpc) is 2.81. The van der Waals surface area contributed by atoms with Crippen LogP contribution in [-0.4, -0.2) is 12.0 Å². The van der Waals surface area contributed by atoms with E-state index >= 15 is 0 Å². The quantitative estimate of drug-likeness (QED) is 0.657. The molecule has 2 aromatic rings. The fourth-order valence-electron chi connectivity index (χ4n) is 1.54. The van der Waals surface area contributed by atoms with E-state index in [1.165, 1.54) is 19.2 Å². The fourth-order valence-corrected chi connectivity index (χ4v) is 2.97. The van der Waals surface area contributed by atoms with Crippen LogP contribution in [0.5, 0.6) is 5.75 Å². The zero-order valence-corrected chi connectivity index (χ0v) is 12.5. The molecule has 2 rings (SSSR count). The van der Waals surface area contributed by atoms with Crippen molar-refractivity contribution in [3.63, 3.8) is 0 Å². The lowest BCUT2D eigenvalue weighted by molar-refractivity contribution is -0.384. The molecule has 0 radical (unpaired) electrons. The number of nitro benzene ring substituents is 1. The van der Waals surface area contributed by atoms with E-state index in [4.69, 9.17) is 4.74 Å². The van der Waals surface area contributed by atoms with E-state index in [-0.39, 0.29) is 5.69 Å². The van der Waals surface area contributed by atoms with E-state index in [0.29, 0.717) is 18.0 Å². The lowest BCUT2D eigenvalue weighted by atomic mass is 10.2. The number of hydrogen-bond donors (Lipinski definition) is 1. The first kappa shape index (κ1) is 13.8. The van der Waals surface area contributed by atoms with Gasteiger partial charge in [-0.2, -0.15) is 0 Å². The first-order valence-electron chi connectivity index (χ1n) is 5.39. The molecule has 0 aliphatic heterocycles. The van der Waals surface area contributed by atoms with Crippen LogP contribution in [-0.2, 0) is 6.54 Å². The molecular formula is C12H11BrN2O3S. The SMILES string of the molecule is COc1cc(NCc2sccc2Br)cc([N+](=O)[O-])c1. The van der Waals surface area contributed by atoms with Gasteiger partial charge in [-0.3, -0.25) is 10.1 Å². The van der Waals surface area contributed by atoms with E-state index in [2.05, 4.69) is 21.2 Å². The molecule has 0 unspecified atom stereocenters. The number of nitrogens with zero attached hydrogens (tertiary/aromatic N) is 1. The first-order valence-corrected chi connectivity index (χ1v) is 7.06. The van der Waals surface area contributed by atoms with E-state index in [1.807, 2.05) is 11.4 Å². The number of ether oxygens (including phenoxy) is 1. The summed E-state index contributed by atoms with van der Waals surface area (Å²) < 4.78 is 6.09. The highest BCUT2D eigenvalue weighted by Crippen LogP contribution is 2.28. The van der Waals surface area contributed by atoms with E-state index in [9.17, 15) is 10.1 Å². The summed E-state index contributed by atoms with van der Waals surface area (Å²) in [5.41, 5.74) is 0.665. The van der Waals surface area contributed by atoms with Crippen molar-refractivity contribution in [3.05, 3.63) is 49.1 Å². The zero-order valence-electron chi connectivity index (χ0n) is 10.1. The van der Waals surface area contributed by atoms with Gasteiger partial charge in [0.05, 0.1) is 24.6 Å². The monoisotopic (exact) mass is 342 g/mol. The molecule has 0 atom stereocenters. The minimum absolute atomic E-state index is 0.00657. The maximum Gasteiger partial charge on any atom is 0.275 e. The van der Waals surface area contributed by atoms with Gasteiger partial charge in [0.1, 0.15) is 5.75 Å². The lowest BCUT2D eigenvalue weighted by Gasteiger charge is -2.07. The average molecular weight is 343 g/mol. The van der Waals surface area contributed by atoms with Gasteiger partial charge in [-0.05, 0) is 27.4 Å². The van der Waals surface area contributed by atoms with Gasteiger partial charge in [-0.1, -0.05) is 0 Å². The Morgan fingerprint density at radius 2 is 2.26 bits per heavy atom. The highest BCUT2D eigenvalue weighted by Gasteiger charge is 2.10. The zero-order chi connectivity index (χ0) is 13.8. The molecule has 0 spiro atoms. The summed E-state index contributed by atoms with van der Waals surface area (Å²) in [5, 5.41) is 16.0. The Labute approximate surface area is 122 Å². The van der Waals surface area contributed by atoms with Crippen LogP contribution in [0.1, 0.15) is 4.88 Å². The number of methoxy groups -OCH3 is 1. The number of benzene rings is 1. The molecule has 0 saturated carbocycles. The van der Waals surface area contributed by atoms with Gasteiger partial charge < -0.3 is 10.1 Å². The van der Waals surface area contributed by atoms with Crippen LogP contribution in [0.4, 0.5) is 11.4 Å². The third-order valence-corrected chi connectivity index (χ3v) is 4.41. The molecule has 0 fully saturated rings. The van der Waals surface area contributed by atoms with Crippen molar-refractivity contribution < 1.29 is 9.66 Å². The minimum atomic E-state index is -0.436. The van der Waals surface area contributed by atoms with Gasteiger partial charge in [0.15, 0.2) is 0 Å². The van der Waals surface area contributed by atoms with Crippen LogP contribution < -0.4 is 10.1 Å². The molecule has 100 valence electrons. The predicted molar refractivity (Wildman–Crippen MR) is 79.0 cm³/mol. The number of nitro groups is 1. The largest absolute Gasteiger partial charge is 0.496 e. The number of non-ortho nitro benzene ring substituents is 1. The summed E-state index contributed by atoms with van der Waals surface area (Å²) in [6, 6.07) is 6.58. The van der Waals surface area contributed by atoms with Crippen molar-refractivity contribution in [1.82, 2.24) is 0 Å². The van der Waals surface area contributed by atoms with Gasteiger partial charge in [0.2, 0.25) is 0 Å². The molecule has 1 heterocycles. The van der Waals surface area contributed by atoms with Gasteiger partial charge in [-0.15, -0.1) is 11.3 Å². The van der Waals surface area contributed by atoms with Gasteiger partial charge in [0.25, 0.3) is 5.69 Å². The predicted octanol–water partition coefficient (Wildman–Crippen LogP) is 4.04. The van der Waals surface area contributed by atoms with Crippen molar-refractivity contribution in [2.75, 3.05) is 12.4 Å². The van der Waals surface area contributed by atoms with E-state index in [1.54, 1.807) is 17.4 Å². The van der Waals surface area contributed by atoms with E-state index < -0.39 is 4.92 Å². The number of rotatable bonds is 5. The minimum Gasteiger partial charge on any atom is -0.496 e. The molecule has 7 heteroatoms. The van der Waals surface area contributed by atoms with Crippen molar-refractivity contribution in [3.8, 4) is 5.75 Å². The van der Waals surface area contributed by atoms with Gasteiger partial charge in [-0.25, -0.2) is 0 Å². The molecule has 0 bridgehead atoms. The molecule has 1 aromatic carbocycles. The molecule has 0 aliphatic rings. The molecule has 0 amide bonds. The summed E-state index contributed by atoms with van der Waals surface area (Å²) in [4.78, 5) is 11.5. The van der Waals surface area contributed by atoms with E-state index in [0.717, 1.165) is 9.35 Å². The van der Waals surface area contributed by atoms with Crippen molar-refractivity contribution in [1.29, 1.82) is 0 Å². The first-order chi connectivity index (χ1) is 9.10. The van der Waals surface area contributed by atoms with Crippen LogP contribution in [0.3, 0.4) is 0 Å². The smallest absolute Gasteiger partial charge is 0.275 e. The number of anilines is 1. The number of thiophene rings is 1. The van der Waals surface area contributed by atoms with Crippen LogP contribution in [0.25, 0.3) is 0 Å². The Balaban J connectivity index is 2.17. The van der Waals surface area contributed by atoms with Crippen LogP contribution in [0, 0.1) is 10.1 Å². The van der Waals surface area contributed by atoms with Gasteiger partial charge >= 0.3 is 0 Å². The fraction of sp³-hybridized carbons (Fsp3) is 0.167. The number of nitrogens with one attached hydrogen (secondary N) is 1. The Kier molecular flexibility index (Phi) is 4.39. The van der Waals surface area contributed by atoms with Crippen LogP contribution in [0.15, 0.2) is 34.1 Å². The van der Waals surface area contributed by atoms with Crippen molar-refractivity contribution >= 4 is 38.6 Å². The molecule has 0 saturated heterocycles. The third-order valence-electron chi connectivity index (χ3n) is 2.48. The standard InChI is InChI=1S/C12H11BrN2O3S/c1-18-10-5-8(4-9(6-10)15(16)17)14-7-12-11(13)2-3-19-12/h2-6,14H,7H2,1H3. The Hall–Kier alpha value is -1.60. The van der Waals surface area contributed by atoms with Crippen molar-refractivity contribution in [2.45, 2.75) is 6.54 Å². The number of hydrogen-bond acceptors (Lipinski definition) is 5. The maximum absolute atomic E-state index is 10.8. The summed E-state index contributed by atoms with van der Waals surface area (Å²) >= 11 is 5.06. The maximum atomic E-state index is 10.8. The van der Waals surface area contributed by atoms with Crippen LogP contribution >= 0.6 is 27.3 Å².